The van der Waals surface area contributed by atoms with E-state index in [4.69, 9.17) is 16.3 Å². The number of aromatic nitrogens is 1. The molecular weight excluding hydrogens is 404 g/mol. The molecule has 158 valence electrons. The average Bonchev–Trinajstić information content (AvgIpc) is 2.91. The number of benzene rings is 1. The smallest absolute Gasteiger partial charge is 0.409 e. The van der Waals surface area contributed by atoms with Crippen molar-refractivity contribution in [1.29, 1.82) is 0 Å². The van der Waals surface area contributed by atoms with E-state index >= 15 is 0 Å². The van der Waals surface area contributed by atoms with Crippen LogP contribution in [-0.4, -0.2) is 35.8 Å². The van der Waals surface area contributed by atoms with Gasteiger partial charge in [-0.2, -0.15) is 4.73 Å². The van der Waals surface area contributed by atoms with Crippen LogP contribution in [0.4, 0.5) is 4.79 Å². The van der Waals surface area contributed by atoms with Crippen molar-refractivity contribution in [2.24, 2.45) is 0 Å². The zero-order chi connectivity index (χ0) is 21.3. The number of hydrogen-bond donors (Lipinski definition) is 1. The maximum atomic E-state index is 13.2. The van der Waals surface area contributed by atoms with Gasteiger partial charge in [-0.25, -0.2) is 4.79 Å². The quantitative estimate of drug-likeness (QED) is 0.585. The number of aryl methyl sites for hydroxylation is 2. The molecule has 1 fully saturated rings. The molecular formula is C23H25ClN2O4. The normalized spacial score (nSPS) is 16.0. The van der Waals surface area contributed by atoms with Gasteiger partial charge in [-0.1, -0.05) is 23.2 Å². The Hall–Kier alpha value is -2.57. The van der Waals surface area contributed by atoms with E-state index in [1.807, 2.05) is 24.3 Å². The summed E-state index contributed by atoms with van der Waals surface area (Å²) in [6.45, 7) is 2.93. The van der Waals surface area contributed by atoms with Crippen molar-refractivity contribution in [2.75, 3.05) is 19.7 Å². The molecule has 0 spiro atoms. The van der Waals surface area contributed by atoms with Gasteiger partial charge in [0.2, 0.25) is 11.4 Å². The molecule has 0 unspecified atom stereocenters. The predicted octanol–water partition coefficient (Wildman–Crippen LogP) is 3.62. The molecule has 0 atom stereocenters. The highest BCUT2D eigenvalue weighted by atomic mass is 35.5. The van der Waals surface area contributed by atoms with Crippen molar-refractivity contribution >= 4 is 23.3 Å². The summed E-state index contributed by atoms with van der Waals surface area (Å²) in [6, 6.07) is 9.44. The van der Waals surface area contributed by atoms with E-state index in [1.165, 1.54) is 0 Å². The fourth-order valence-electron chi connectivity index (χ4n) is 4.39. The standard InChI is InChI=1S/C23H25ClN2O4/c1-2-30-23(28)25-11-9-15(10-12-25)21-20-8-6-18(24)13-17(20)4-3-16-5-7-19(14-27)26(29)22(16)21/h5-8,13,27H,2-4,9-12,14H2,1H3. The Labute approximate surface area is 180 Å². The number of amides is 1. The number of nitrogens with zero attached hydrogens (tertiary/aromatic N) is 2. The van der Waals surface area contributed by atoms with Crippen LogP contribution in [0.25, 0.3) is 5.57 Å². The van der Waals surface area contributed by atoms with Crippen LogP contribution in [0.15, 0.2) is 35.9 Å². The maximum absolute atomic E-state index is 13.2. The molecule has 1 aromatic carbocycles. The molecule has 4 rings (SSSR count). The number of carbonyl (C=O) groups is 1. The van der Waals surface area contributed by atoms with Gasteiger partial charge >= 0.3 is 6.09 Å². The molecule has 0 saturated carbocycles. The Morgan fingerprint density at radius 3 is 2.60 bits per heavy atom. The Bertz CT molecular complexity index is 1010. The van der Waals surface area contributed by atoms with Gasteiger partial charge in [0.25, 0.3) is 0 Å². The topological polar surface area (TPSA) is 76.7 Å². The number of fused-ring (bicyclic) bond motifs is 2. The van der Waals surface area contributed by atoms with Gasteiger partial charge in [0, 0.05) is 29.7 Å². The third kappa shape index (κ3) is 3.77. The van der Waals surface area contributed by atoms with Crippen molar-refractivity contribution in [3.8, 4) is 0 Å². The molecule has 1 amide bonds. The number of piperidine rings is 1. The van der Waals surface area contributed by atoms with Crippen LogP contribution in [0, 0.1) is 5.21 Å². The van der Waals surface area contributed by atoms with Crippen molar-refractivity contribution in [3.05, 3.63) is 74.2 Å². The number of hydrogen-bond acceptors (Lipinski definition) is 4. The lowest BCUT2D eigenvalue weighted by Gasteiger charge is -2.29. The molecule has 7 heteroatoms. The van der Waals surface area contributed by atoms with Crippen molar-refractivity contribution in [1.82, 2.24) is 4.90 Å². The number of pyridine rings is 1. The summed E-state index contributed by atoms with van der Waals surface area (Å²) in [4.78, 5) is 13.8. The highest BCUT2D eigenvalue weighted by molar-refractivity contribution is 6.30. The van der Waals surface area contributed by atoms with Gasteiger partial charge in [0.05, 0.1) is 12.2 Å². The molecule has 2 heterocycles. The van der Waals surface area contributed by atoms with Crippen molar-refractivity contribution in [3.63, 3.8) is 0 Å². The minimum Gasteiger partial charge on any atom is -0.618 e. The Balaban J connectivity index is 1.84. The molecule has 2 aromatic rings. The van der Waals surface area contributed by atoms with Gasteiger partial charge in [-0.15, -0.1) is 0 Å². The summed E-state index contributed by atoms with van der Waals surface area (Å²) in [7, 11) is 0. The van der Waals surface area contributed by atoms with Crippen LogP contribution in [-0.2, 0) is 24.2 Å². The largest absolute Gasteiger partial charge is 0.618 e. The molecule has 30 heavy (non-hydrogen) atoms. The predicted molar refractivity (Wildman–Crippen MR) is 114 cm³/mol. The minimum absolute atomic E-state index is 0.295. The zero-order valence-electron chi connectivity index (χ0n) is 17.0. The van der Waals surface area contributed by atoms with Gasteiger partial charge in [0.1, 0.15) is 6.61 Å². The molecule has 1 saturated heterocycles. The Kier molecular flexibility index (Phi) is 5.97. The van der Waals surface area contributed by atoms with Gasteiger partial charge in [0.15, 0.2) is 0 Å². The van der Waals surface area contributed by atoms with Crippen molar-refractivity contribution in [2.45, 2.75) is 39.2 Å². The van der Waals surface area contributed by atoms with E-state index < -0.39 is 0 Å². The van der Waals surface area contributed by atoms with E-state index in [0.717, 1.165) is 45.4 Å². The third-order valence-electron chi connectivity index (χ3n) is 5.89. The van der Waals surface area contributed by atoms with E-state index in [9.17, 15) is 15.1 Å². The van der Waals surface area contributed by atoms with Gasteiger partial charge < -0.3 is 20.0 Å². The lowest BCUT2D eigenvalue weighted by atomic mass is 9.88. The van der Waals surface area contributed by atoms with Crippen LogP contribution in [0.5, 0.6) is 0 Å². The van der Waals surface area contributed by atoms with Crippen LogP contribution >= 0.6 is 11.6 Å². The molecule has 0 radical (unpaired) electrons. The van der Waals surface area contributed by atoms with E-state index in [1.54, 1.807) is 17.9 Å². The number of ether oxygens (including phenoxy) is 1. The fraction of sp³-hybridized carbons (Fsp3) is 0.391. The molecule has 1 aromatic heterocycles. The fourth-order valence-corrected chi connectivity index (χ4v) is 4.58. The summed E-state index contributed by atoms with van der Waals surface area (Å²) in [6.07, 6.45) is 2.55. The van der Waals surface area contributed by atoms with E-state index in [-0.39, 0.29) is 12.7 Å². The van der Waals surface area contributed by atoms with Crippen LogP contribution < -0.4 is 4.73 Å². The Morgan fingerprint density at radius 2 is 1.90 bits per heavy atom. The first-order valence-electron chi connectivity index (χ1n) is 10.3. The molecule has 1 N–H and O–H groups in total. The monoisotopic (exact) mass is 428 g/mol. The average molecular weight is 429 g/mol. The molecule has 0 bridgehead atoms. The third-order valence-corrected chi connectivity index (χ3v) is 6.13. The summed E-state index contributed by atoms with van der Waals surface area (Å²) in [5.74, 6) is 0. The highest BCUT2D eigenvalue weighted by Crippen LogP contribution is 2.38. The lowest BCUT2D eigenvalue weighted by molar-refractivity contribution is -0.619. The minimum atomic E-state index is -0.316. The Morgan fingerprint density at radius 1 is 1.17 bits per heavy atom. The number of halogens is 1. The molecule has 1 aliphatic carbocycles. The van der Waals surface area contributed by atoms with Crippen LogP contribution in [0.1, 0.15) is 47.8 Å². The summed E-state index contributed by atoms with van der Waals surface area (Å²) in [5.41, 5.74) is 6.09. The molecule has 6 nitrogen and oxygen atoms in total. The number of aliphatic hydroxyl groups excluding tert-OH is 1. The second-order valence-electron chi connectivity index (χ2n) is 7.62. The van der Waals surface area contributed by atoms with Gasteiger partial charge in [-0.05, 0) is 61.9 Å². The summed E-state index contributed by atoms with van der Waals surface area (Å²) in [5, 5.41) is 23.5. The second-order valence-corrected chi connectivity index (χ2v) is 8.05. The SMILES string of the molecule is CCOC(=O)N1CCC(=C2c3ccc(Cl)cc3CCc3ccc(CO)[n+]([O-])c32)CC1. The number of likely N-dealkylation sites (tertiary alicyclic amines) is 1. The first-order chi connectivity index (χ1) is 14.5. The number of rotatable bonds is 2. The van der Waals surface area contributed by atoms with E-state index in [0.29, 0.717) is 48.9 Å². The summed E-state index contributed by atoms with van der Waals surface area (Å²) < 4.78 is 6.01. The van der Waals surface area contributed by atoms with Crippen molar-refractivity contribution < 1.29 is 19.4 Å². The molecule has 2 aliphatic rings. The van der Waals surface area contributed by atoms with Crippen LogP contribution in [0.2, 0.25) is 5.02 Å². The zero-order valence-corrected chi connectivity index (χ0v) is 17.7. The first kappa shape index (κ1) is 20.7. The highest BCUT2D eigenvalue weighted by Gasteiger charge is 2.31. The number of aliphatic hydroxyl groups is 1. The van der Waals surface area contributed by atoms with E-state index in [2.05, 4.69) is 0 Å². The molecule has 1 aliphatic heterocycles. The first-order valence-corrected chi connectivity index (χ1v) is 10.7. The number of carbonyl (C=O) groups excluding carboxylic acids is 1. The maximum Gasteiger partial charge on any atom is 0.409 e. The summed E-state index contributed by atoms with van der Waals surface area (Å²) >= 11 is 6.26. The van der Waals surface area contributed by atoms with Gasteiger partial charge in [-0.3, -0.25) is 0 Å². The lowest BCUT2D eigenvalue weighted by Crippen LogP contribution is -2.39. The van der Waals surface area contributed by atoms with Crippen LogP contribution in [0.3, 0.4) is 0 Å². The second kappa shape index (κ2) is 8.66.